The highest BCUT2D eigenvalue weighted by molar-refractivity contribution is 6.31. The maximum atomic E-state index is 13.3. The van der Waals surface area contributed by atoms with Gasteiger partial charge in [0.2, 0.25) is 5.89 Å². The van der Waals surface area contributed by atoms with Crippen molar-refractivity contribution >= 4 is 28.5 Å². The molecule has 0 radical (unpaired) electrons. The molecule has 4 heteroatoms. The van der Waals surface area contributed by atoms with E-state index in [4.69, 9.17) is 9.15 Å². The van der Waals surface area contributed by atoms with Gasteiger partial charge in [0.05, 0.1) is 11.8 Å². The zero-order valence-corrected chi connectivity index (χ0v) is 15.9. The summed E-state index contributed by atoms with van der Waals surface area (Å²) >= 11 is 0. The molecule has 0 bridgehead atoms. The van der Waals surface area contributed by atoms with Gasteiger partial charge >= 0.3 is 0 Å². The van der Waals surface area contributed by atoms with Crippen LogP contribution < -0.4 is 4.74 Å². The van der Waals surface area contributed by atoms with Gasteiger partial charge in [-0.2, -0.15) is 0 Å². The summed E-state index contributed by atoms with van der Waals surface area (Å²) in [5, 5.41) is 0. The van der Waals surface area contributed by atoms with Crippen LogP contribution in [0.2, 0.25) is 0 Å². The van der Waals surface area contributed by atoms with Crippen molar-refractivity contribution in [3.05, 3.63) is 108 Å². The Balaban J connectivity index is 1.75. The standard InChI is InChI=1S/C25H19NO3/c1-2-16-28-20-14-12-19(13-15-20)24(27)21(17-18-8-4-3-5-9-18)25-26-22-10-6-7-11-23(22)29-25/h2-17H,1H3/b16-2+,21-17+. The first-order valence-electron chi connectivity index (χ1n) is 9.30. The molecule has 4 rings (SSSR count). The SMILES string of the molecule is C/C=C/Oc1ccc(C(=O)/C(=C\c2ccccc2)c2nc3ccccc3o2)cc1. The molecule has 0 amide bonds. The van der Waals surface area contributed by atoms with Crippen LogP contribution in [-0.2, 0) is 0 Å². The molecule has 0 aliphatic heterocycles. The van der Waals surface area contributed by atoms with Crippen LogP contribution in [0.25, 0.3) is 22.7 Å². The number of oxazole rings is 1. The fourth-order valence-corrected chi connectivity index (χ4v) is 2.91. The van der Waals surface area contributed by atoms with E-state index in [1.807, 2.05) is 61.5 Å². The van der Waals surface area contributed by atoms with E-state index in [0.29, 0.717) is 33.9 Å². The molecule has 0 atom stereocenters. The van der Waals surface area contributed by atoms with Crippen LogP contribution in [0.5, 0.6) is 5.75 Å². The Morgan fingerprint density at radius 3 is 2.38 bits per heavy atom. The molecule has 0 aliphatic carbocycles. The molecule has 0 aliphatic rings. The number of Topliss-reactive ketones (excluding diaryl/α,β-unsaturated/α-hetero) is 1. The Hall–Kier alpha value is -3.92. The molecular weight excluding hydrogens is 362 g/mol. The van der Waals surface area contributed by atoms with Gasteiger partial charge in [0, 0.05) is 5.56 Å². The van der Waals surface area contributed by atoms with Gasteiger partial charge in [0.15, 0.2) is 11.4 Å². The van der Waals surface area contributed by atoms with E-state index in [9.17, 15) is 4.79 Å². The molecule has 29 heavy (non-hydrogen) atoms. The van der Waals surface area contributed by atoms with Crippen molar-refractivity contribution in [1.82, 2.24) is 4.98 Å². The molecule has 1 heterocycles. The number of aromatic nitrogens is 1. The lowest BCUT2D eigenvalue weighted by Gasteiger charge is -2.05. The lowest BCUT2D eigenvalue weighted by Crippen LogP contribution is -2.03. The molecule has 0 fully saturated rings. The van der Waals surface area contributed by atoms with Crippen molar-refractivity contribution in [3.8, 4) is 5.75 Å². The highest BCUT2D eigenvalue weighted by Gasteiger charge is 2.20. The minimum Gasteiger partial charge on any atom is -0.465 e. The summed E-state index contributed by atoms with van der Waals surface area (Å²) in [6.45, 7) is 1.87. The molecule has 4 nitrogen and oxygen atoms in total. The van der Waals surface area contributed by atoms with Crippen molar-refractivity contribution in [2.75, 3.05) is 0 Å². The number of benzene rings is 3. The van der Waals surface area contributed by atoms with Crippen molar-refractivity contribution < 1.29 is 13.9 Å². The average Bonchev–Trinajstić information content (AvgIpc) is 3.20. The number of hydrogen-bond acceptors (Lipinski definition) is 4. The predicted molar refractivity (Wildman–Crippen MR) is 115 cm³/mol. The first kappa shape index (κ1) is 18.4. The number of allylic oxidation sites excluding steroid dienone is 2. The third kappa shape index (κ3) is 4.17. The molecule has 4 aromatic rings. The van der Waals surface area contributed by atoms with E-state index in [1.54, 1.807) is 42.7 Å². The summed E-state index contributed by atoms with van der Waals surface area (Å²) in [6.07, 6.45) is 5.19. The van der Waals surface area contributed by atoms with Crippen LogP contribution in [-0.4, -0.2) is 10.8 Å². The monoisotopic (exact) mass is 381 g/mol. The van der Waals surface area contributed by atoms with Crippen LogP contribution in [0.3, 0.4) is 0 Å². The fourth-order valence-electron chi connectivity index (χ4n) is 2.91. The van der Waals surface area contributed by atoms with Crippen molar-refractivity contribution in [2.24, 2.45) is 0 Å². The third-order valence-electron chi connectivity index (χ3n) is 4.34. The van der Waals surface area contributed by atoms with Gasteiger partial charge in [-0.25, -0.2) is 4.98 Å². The smallest absolute Gasteiger partial charge is 0.231 e. The van der Waals surface area contributed by atoms with Gasteiger partial charge in [-0.3, -0.25) is 4.79 Å². The molecule has 0 saturated heterocycles. The van der Waals surface area contributed by atoms with Crippen molar-refractivity contribution in [1.29, 1.82) is 0 Å². The number of para-hydroxylation sites is 2. The number of ketones is 1. The summed E-state index contributed by atoms with van der Waals surface area (Å²) in [4.78, 5) is 17.9. The molecule has 0 unspecified atom stereocenters. The summed E-state index contributed by atoms with van der Waals surface area (Å²) in [5.41, 5.74) is 3.18. The Morgan fingerprint density at radius 2 is 1.66 bits per heavy atom. The van der Waals surface area contributed by atoms with Gasteiger partial charge in [-0.1, -0.05) is 48.5 Å². The lowest BCUT2D eigenvalue weighted by molar-refractivity contribution is 0.105. The van der Waals surface area contributed by atoms with Crippen LogP contribution in [0.1, 0.15) is 28.7 Å². The first-order valence-corrected chi connectivity index (χ1v) is 9.30. The van der Waals surface area contributed by atoms with E-state index >= 15 is 0 Å². The van der Waals surface area contributed by atoms with E-state index in [2.05, 4.69) is 4.98 Å². The topological polar surface area (TPSA) is 52.3 Å². The van der Waals surface area contributed by atoms with Gasteiger partial charge in [0.25, 0.3) is 0 Å². The number of fused-ring (bicyclic) bond motifs is 1. The van der Waals surface area contributed by atoms with Gasteiger partial charge in [-0.05, 0) is 55.0 Å². The number of ether oxygens (including phenoxy) is 1. The van der Waals surface area contributed by atoms with Gasteiger partial charge in [-0.15, -0.1) is 0 Å². The Kier molecular flexibility index (Phi) is 5.34. The van der Waals surface area contributed by atoms with Crippen LogP contribution in [0, 0.1) is 0 Å². The van der Waals surface area contributed by atoms with Crippen LogP contribution in [0.15, 0.2) is 95.6 Å². The van der Waals surface area contributed by atoms with Gasteiger partial charge < -0.3 is 9.15 Å². The predicted octanol–water partition coefficient (Wildman–Crippen LogP) is 6.16. The van der Waals surface area contributed by atoms with E-state index in [-0.39, 0.29) is 5.78 Å². The van der Waals surface area contributed by atoms with Crippen molar-refractivity contribution in [2.45, 2.75) is 6.92 Å². The Labute approximate surface area is 168 Å². The van der Waals surface area contributed by atoms with Crippen LogP contribution >= 0.6 is 0 Å². The highest BCUT2D eigenvalue weighted by Crippen LogP contribution is 2.27. The van der Waals surface area contributed by atoms with E-state index < -0.39 is 0 Å². The maximum absolute atomic E-state index is 13.3. The minimum atomic E-state index is -0.169. The molecule has 0 N–H and O–H groups in total. The maximum Gasteiger partial charge on any atom is 0.231 e. The largest absolute Gasteiger partial charge is 0.465 e. The summed E-state index contributed by atoms with van der Waals surface area (Å²) in [7, 11) is 0. The normalized spacial score (nSPS) is 11.8. The Morgan fingerprint density at radius 1 is 0.931 bits per heavy atom. The molecule has 3 aromatic carbocycles. The number of carbonyl (C=O) groups excluding carboxylic acids is 1. The summed E-state index contributed by atoms with van der Waals surface area (Å²) in [6, 6.07) is 24.1. The van der Waals surface area contributed by atoms with E-state index in [0.717, 1.165) is 5.56 Å². The van der Waals surface area contributed by atoms with Crippen LogP contribution in [0.4, 0.5) is 0 Å². The summed E-state index contributed by atoms with van der Waals surface area (Å²) in [5.74, 6) is 0.794. The minimum absolute atomic E-state index is 0.169. The van der Waals surface area contributed by atoms with E-state index in [1.165, 1.54) is 0 Å². The Bertz CT molecular complexity index is 1150. The summed E-state index contributed by atoms with van der Waals surface area (Å²) < 4.78 is 11.3. The van der Waals surface area contributed by atoms with Gasteiger partial charge in [0.1, 0.15) is 11.3 Å². The van der Waals surface area contributed by atoms with Crippen molar-refractivity contribution in [3.63, 3.8) is 0 Å². The third-order valence-corrected chi connectivity index (χ3v) is 4.34. The lowest BCUT2D eigenvalue weighted by atomic mass is 10.0. The quantitative estimate of drug-likeness (QED) is 0.228. The number of nitrogens with zero attached hydrogens (tertiary/aromatic N) is 1. The second-order valence-corrected chi connectivity index (χ2v) is 6.40. The zero-order chi connectivity index (χ0) is 20.1. The molecular formula is C25H19NO3. The first-order chi connectivity index (χ1) is 14.2. The molecule has 0 spiro atoms. The second-order valence-electron chi connectivity index (χ2n) is 6.40. The average molecular weight is 381 g/mol. The number of carbonyl (C=O) groups is 1. The second kappa shape index (κ2) is 8.40. The number of hydrogen-bond donors (Lipinski definition) is 0. The molecule has 142 valence electrons. The zero-order valence-electron chi connectivity index (χ0n) is 15.9. The fraction of sp³-hybridized carbons (Fsp3) is 0.0400. The molecule has 0 saturated carbocycles. The highest BCUT2D eigenvalue weighted by atomic mass is 16.5. The number of rotatable bonds is 6. The molecule has 1 aromatic heterocycles.